The zero-order valence-corrected chi connectivity index (χ0v) is 17.6. The van der Waals surface area contributed by atoms with Crippen LogP contribution in [0.1, 0.15) is 54.9 Å². The molecule has 156 valence electrons. The predicted octanol–water partition coefficient (Wildman–Crippen LogP) is 2.30. The number of ether oxygens (including phenoxy) is 3. The van der Waals surface area contributed by atoms with Crippen LogP contribution in [0.15, 0.2) is 0 Å². The van der Waals surface area contributed by atoms with E-state index >= 15 is 0 Å². The molecule has 8 atom stereocenters. The Kier molecular flexibility index (Phi) is 4.88. The Morgan fingerprint density at radius 2 is 1.36 bits per heavy atom. The molecule has 0 aromatic heterocycles. The van der Waals surface area contributed by atoms with Gasteiger partial charge in [0.15, 0.2) is 6.10 Å². The minimum absolute atomic E-state index is 0.0447. The molecule has 4 saturated carbocycles. The van der Waals surface area contributed by atoms with Gasteiger partial charge in [0.1, 0.15) is 18.0 Å². The number of carbonyl (C=O) groups excluding carboxylic acids is 4. The van der Waals surface area contributed by atoms with E-state index in [1.165, 1.54) is 20.8 Å². The van der Waals surface area contributed by atoms with E-state index in [0.717, 1.165) is 0 Å². The van der Waals surface area contributed by atoms with Gasteiger partial charge in [-0.05, 0) is 17.8 Å². The van der Waals surface area contributed by atoms with E-state index in [9.17, 15) is 19.2 Å². The normalized spacial score (nSPS) is 43.2. The predicted molar refractivity (Wildman–Crippen MR) is 97.8 cm³/mol. The highest BCUT2D eigenvalue weighted by molar-refractivity contribution is 5.86. The summed E-state index contributed by atoms with van der Waals surface area (Å²) in [4.78, 5) is 48.9. The van der Waals surface area contributed by atoms with Crippen LogP contribution >= 0.6 is 0 Å². The molecule has 0 amide bonds. The van der Waals surface area contributed by atoms with Crippen molar-refractivity contribution in [3.8, 4) is 0 Å². The van der Waals surface area contributed by atoms with E-state index in [1.54, 1.807) is 0 Å². The Hall–Kier alpha value is -1.92. The summed E-state index contributed by atoms with van der Waals surface area (Å²) in [5.74, 6) is -1.63. The summed E-state index contributed by atoms with van der Waals surface area (Å²) in [7, 11) is 0. The average molecular weight is 394 g/mol. The summed E-state index contributed by atoms with van der Waals surface area (Å²) in [6.07, 6.45) is -2.17. The molecule has 7 heteroatoms. The summed E-state index contributed by atoms with van der Waals surface area (Å²) in [5, 5.41) is 0. The largest absolute Gasteiger partial charge is 0.458 e. The van der Waals surface area contributed by atoms with E-state index in [2.05, 4.69) is 0 Å². The fraction of sp³-hybridized carbons (Fsp3) is 0.810. The molecule has 4 bridgehead atoms. The lowest BCUT2D eigenvalue weighted by molar-refractivity contribution is -0.242. The average Bonchev–Trinajstić information content (AvgIpc) is 2.59. The second kappa shape index (κ2) is 6.56. The first kappa shape index (κ1) is 20.8. The topological polar surface area (TPSA) is 96.0 Å². The number of fused-ring (bicyclic) bond motifs is 3. The van der Waals surface area contributed by atoms with Crippen molar-refractivity contribution in [3.05, 3.63) is 0 Å². The Morgan fingerprint density at radius 3 is 1.82 bits per heavy atom. The van der Waals surface area contributed by atoms with Gasteiger partial charge in [-0.3, -0.25) is 19.2 Å². The summed E-state index contributed by atoms with van der Waals surface area (Å²) in [6.45, 7) is 11.7. The highest BCUT2D eigenvalue weighted by Crippen LogP contribution is 2.73. The third kappa shape index (κ3) is 2.77. The summed E-state index contributed by atoms with van der Waals surface area (Å²) >= 11 is 0. The van der Waals surface area contributed by atoms with Crippen molar-refractivity contribution in [1.82, 2.24) is 0 Å². The molecule has 4 aliphatic carbocycles. The van der Waals surface area contributed by atoms with Crippen LogP contribution in [0.2, 0.25) is 0 Å². The third-order valence-corrected chi connectivity index (χ3v) is 7.31. The minimum Gasteiger partial charge on any atom is -0.458 e. The molecule has 0 saturated heterocycles. The number of hydrogen-bond donors (Lipinski definition) is 0. The van der Waals surface area contributed by atoms with Gasteiger partial charge < -0.3 is 14.2 Å². The smallest absolute Gasteiger partial charge is 0.303 e. The first-order valence-corrected chi connectivity index (χ1v) is 9.87. The minimum atomic E-state index is -0.971. The van der Waals surface area contributed by atoms with Crippen molar-refractivity contribution in [3.63, 3.8) is 0 Å². The van der Waals surface area contributed by atoms with Crippen molar-refractivity contribution in [2.45, 2.75) is 73.2 Å². The maximum absolute atomic E-state index is 13.0. The first-order chi connectivity index (χ1) is 12.8. The quantitative estimate of drug-likeness (QED) is 0.535. The lowest BCUT2D eigenvalue weighted by atomic mass is 9.35. The second-order valence-corrected chi connectivity index (χ2v) is 9.50. The molecule has 0 spiro atoms. The maximum Gasteiger partial charge on any atom is 0.303 e. The van der Waals surface area contributed by atoms with E-state index in [1.807, 2.05) is 27.7 Å². The number of hydrogen-bond acceptors (Lipinski definition) is 7. The molecule has 0 unspecified atom stereocenters. The van der Waals surface area contributed by atoms with E-state index in [4.69, 9.17) is 14.2 Å². The lowest BCUT2D eigenvalue weighted by Crippen LogP contribution is -2.71. The van der Waals surface area contributed by atoms with Crippen molar-refractivity contribution in [2.75, 3.05) is 0 Å². The molecular formula is C21H30O7. The zero-order chi connectivity index (χ0) is 21.2. The molecule has 4 rings (SSSR count). The molecule has 0 radical (unpaired) electrons. The number of rotatable bonds is 3. The first-order valence-electron chi connectivity index (χ1n) is 9.87. The van der Waals surface area contributed by atoms with Crippen molar-refractivity contribution in [2.24, 2.45) is 34.5 Å². The molecule has 0 heterocycles. The summed E-state index contributed by atoms with van der Waals surface area (Å²) < 4.78 is 17.0. The number of ketones is 1. The van der Waals surface area contributed by atoms with Crippen LogP contribution in [0.5, 0.6) is 0 Å². The fourth-order valence-corrected chi connectivity index (χ4v) is 6.63. The van der Waals surface area contributed by atoms with Crippen LogP contribution in [-0.4, -0.2) is 42.0 Å². The lowest BCUT2D eigenvalue weighted by Gasteiger charge is -2.68. The Balaban J connectivity index is 2.22. The van der Waals surface area contributed by atoms with Crippen LogP contribution < -0.4 is 0 Å². The Morgan fingerprint density at radius 1 is 0.857 bits per heavy atom. The van der Waals surface area contributed by atoms with Gasteiger partial charge in [-0.1, -0.05) is 27.7 Å². The van der Waals surface area contributed by atoms with Crippen LogP contribution in [0, 0.1) is 34.5 Å². The monoisotopic (exact) mass is 394 g/mol. The third-order valence-electron chi connectivity index (χ3n) is 7.31. The Labute approximate surface area is 165 Å². The molecule has 0 N–H and O–H groups in total. The van der Waals surface area contributed by atoms with Crippen LogP contribution in [0.4, 0.5) is 0 Å². The van der Waals surface area contributed by atoms with Gasteiger partial charge in [0.05, 0.1) is 0 Å². The molecule has 0 aromatic carbocycles. The number of esters is 3. The van der Waals surface area contributed by atoms with Crippen molar-refractivity contribution < 1.29 is 33.4 Å². The molecule has 0 aliphatic heterocycles. The number of carbonyl (C=O) groups is 4. The van der Waals surface area contributed by atoms with Crippen LogP contribution in [0.3, 0.4) is 0 Å². The molecule has 0 aromatic rings. The van der Waals surface area contributed by atoms with Gasteiger partial charge in [-0.15, -0.1) is 0 Å². The Bertz CT molecular complexity index is 726. The van der Waals surface area contributed by atoms with E-state index in [0.29, 0.717) is 6.42 Å². The van der Waals surface area contributed by atoms with Gasteiger partial charge in [-0.25, -0.2) is 0 Å². The highest BCUT2D eigenvalue weighted by atomic mass is 16.6. The van der Waals surface area contributed by atoms with Crippen LogP contribution in [-0.2, 0) is 33.4 Å². The summed E-state index contributed by atoms with van der Waals surface area (Å²) in [6, 6.07) is 0. The van der Waals surface area contributed by atoms with Gasteiger partial charge in [0.2, 0.25) is 0 Å². The molecule has 4 fully saturated rings. The van der Waals surface area contributed by atoms with Crippen molar-refractivity contribution >= 4 is 23.7 Å². The second-order valence-electron chi connectivity index (χ2n) is 9.50. The molecule has 28 heavy (non-hydrogen) atoms. The van der Waals surface area contributed by atoms with Crippen molar-refractivity contribution in [1.29, 1.82) is 0 Å². The zero-order valence-electron chi connectivity index (χ0n) is 17.6. The molecule has 4 aliphatic rings. The molecule has 7 nitrogen and oxygen atoms in total. The van der Waals surface area contributed by atoms with Crippen LogP contribution in [0.25, 0.3) is 0 Å². The summed E-state index contributed by atoms with van der Waals surface area (Å²) in [5.41, 5.74) is -1.31. The number of Topliss-reactive ketones (excluding diaryl/α,β-unsaturated/α-hetero) is 1. The maximum atomic E-state index is 13.0. The van der Waals surface area contributed by atoms with Gasteiger partial charge in [-0.2, -0.15) is 0 Å². The van der Waals surface area contributed by atoms with Gasteiger partial charge in [0.25, 0.3) is 0 Å². The standard InChI is InChI=1S/C21H30O7/c1-9-8-13(25)15-16-14(9)21(15,7)19(28-12(4)24)17(26-10(2)22)18(20(16,5)6)27-11(3)23/h9,14-19H,8H2,1-7H3/t9-,14+,15-,16+,17-,18-,19-,21-/m1/s1. The molecular weight excluding hydrogens is 364 g/mol. The highest BCUT2D eigenvalue weighted by Gasteiger charge is 2.78. The SMILES string of the molecule is CC(=O)O[C@@H]1[C@@H](OC(C)=O)C(C)(C)[C@H]2[C@@H]3[C@H](C)CC(=O)[C@H]2[C@]3(C)[C@@H]1OC(C)=O. The fourth-order valence-electron chi connectivity index (χ4n) is 6.63. The van der Waals surface area contributed by atoms with E-state index in [-0.39, 0.29) is 29.5 Å². The van der Waals surface area contributed by atoms with Gasteiger partial charge in [0, 0.05) is 43.9 Å². The van der Waals surface area contributed by atoms with Gasteiger partial charge >= 0.3 is 17.9 Å². The van der Waals surface area contributed by atoms with E-state index < -0.39 is 47.0 Å².